The van der Waals surface area contributed by atoms with Crippen molar-refractivity contribution in [2.24, 2.45) is 5.84 Å². The first-order valence-electron chi connectivity index (χ1n) is 4.30. The number of ether oxygens (including phenoxy) is 1. The lowest BCUT2D eigenvalue weighted by Gasteiger charge is -2.37. The molecule has 0 radical (unpaired) electrons. The summed E-state index contributed by atoms with van der Waals surface area (Å²) in [5.41, 5.74) is 0.0879. The summed E-state index contributed by atoms with van der Waals surface area (Å²) in [4.78, 5) is 0. The van der Waals surface area contributed by atoms with Gasteiger partial charge in [0, 0.05) is 19.7 Å². The maximum Gasteiger partial charge on any atom is 0.0679 e. The van der Waals surface area contributed by atoms with Gasteiger partial charge in [0.15, 0.2) is 0 Å². The Morgan fingerprint density at radius 3 is 2.45 bits per heavy atom. The lowest BCUT2D eigenvalue weighted by atomic mass is 9.94. The first kappa shape index (κ1) is 8.97. The van der Waals surface area contributed by atoms with Crippen molar-refractivity contribution in [3.8, 4) is 0 Å². The van der Waals surface area contributed by atoms with Crippen molar-refractivity contribution in [3.63, 3.8) is 0 Å². The van der Waals surface area contributed by atoms with Gasteiger partial charge in [0.1, 0.15) is 0 Å². The Labute approximate surface area is 68.5 Å². The van der Waals surface area contributed by atoms with Crippen LogP contribution in [-0.2, 0) is 4.74 Å². The average molecular weight is 158 g/mol. The van der Waals surface area contributed by atoms with E-state index in [0.717, 1.165) is 32.5 Å². The van der Waals surface area contributed by atoms with Crippen LogP contribution in [0.4, 0.5) is 0 Å². The Bertz CT molecular complexity index is 119. The van der Waals surface area contributed by atoms with Crippen LogP contribution in [-0.4, -0.2) is 30.3 Å². The molecule has 1 saturated heterocycles. The highest BCUT2D eigenvalue weighted by Gasteiger charge is 2.28. The molecule has 1 aliphatic heterocycles. The summed E-state index contributed by atoms with van der Waals surface area (Å²) in [6.07, 6.45) is 2.11. The van der Waals surface area contributed by atoms with E-state index < -0.39 is 0 Å². The van der Waals surface area contributed by atoms with Gasteiger partial charge < -0.3 is 4.74 Å². The van der Waals surface area contributed by atoms with Gasteiger partial charge >= 0.3 is 0 Å². The van der Waals surface area contributed by atoms with Crippen molar-refractivity contribution in [1.82, 2.24) is 5.01 Å². The standard InChI is InChI=1S/C8H18N2O/c1-3-11-8(2)4-6-10(9)7-5-8/h3-7,9H2,1-2H3. The number of rotatable bonds is 2. The predicted molar refractivity (Wildman–Crippen MR) is 45.0 cm³/mol. The monoisotopic (exact) mass is 158 g/mol. The zero-order valence-corrected chi connectivity index (χ0v) is 7.47. The number of piperidine rings is 1. The highest BCUT2D eigenvalue weighted by Crippen LogP contribution is 2.23. The van der Waals surface area contributed by atoms with Gasteiger partial charge in [-0.05, 0) is 26.7 Å². The molecule has 0 aromatic carbocycles. The largest absolute Gasteiger partial charge is 0.375 e. The van der Waals surface area contributed by atoms with Gasteiger partial charge in [0.2, 0.25) is 0 Å². The second-order valence-corrected chi connectivity index (χ2v) is 3.42. The molecular formula is C8H18N2O. The molecule has 0 amide bonds. The van der Waals surface area contributed by atoms with Gasteiger partial charge in [-0.25, -0.2) is 5.01 Å². The molecule has 0 aromatic heterocycles. The Morgan fingerprint density at radius 2 is 2.00 bits per heavy atom. The zero-order chi connectivity index (χ0) is 8.32. The van der Waals surface area contributed by atoms with Crippen molar-refractivity contribution >= 4 is 0 Å². The molecule has 1 fully saturated rings. The van der Waals surface area contributed by atoms with E-state index in [-0.39, 0.29) is 5.60 Å². The molecule has 3 heteroatoms. The Kier molecular flexibility index (Phi) is 2.87. The molecule has 1 heterocycles. The quantitative estimate of drug-likeness (QED) is 0.603. The minimum absolute atomic E-state index is 0.0879. The average Bonchev–Trinajstić information content (AvgIpc) is 1.97. The van der Waals surface area contributed by atoms with Crippen molar-refractivity contribution in [1.29, 1.82) is 0 Å². The minimum atomic E-state index is 0.0879. The Balaban J connectivity index is 2.35. The molecule has 11 heavy (non-hydrogen) atoms. The summed E-state index contributed by atoms with van der Waals surface area (Å²) in [6, 6.07) is 0. The van der Waals surface area contributed by atoms with Gasteiger partial charge in [-0.15, -0.1) is 0 Å². The van der Waals surface area contributed by atoms with E-state index in [1.807, 2.05) is 11.9 Å². The number of hydrazine groups is 1. The summed E-state index contributed by atoms with van der Waals surface area (Å²) >= 11 is 0. The molecule has 0 aromatic rings. The van der Waals surface area contributed by atoms with Crippen LogP contribution in [0.5, 0.6) is 0 Å². The normalized spacial score (nSPS) is 25.4. The zero-order valence-electron chi connectivity index (χ0n) is 7.47. The lowest BCUT2D eigenvalue weighted by Crippen LogP contribution is -2.47. The highest BCUT2D eigenvalue weighted by atomic mass is 16.5. The van der Waals surface area contributed by atoms with E-state index in [0.29, 0.717) is 0 Å². The van der Waals surface area contributed by atoms with E-state index >= 15 is 0 Å². The van der Waals surface area contributed by atoms with Crippen LogP contribution in [0, 0.1) is 0 Å². The molecule has 0 unspecified atom stereocenters. The van der Waals surface area contributed by atoms with E-state index in [1.54, 1.807) is 0 Å². The molecule has 0 spiro atoms. The maximum atomic E-state index is 5.64. The Morgan fingerprint density at radius 1 is 1.45 bits per heavy atom. The van der Waals surface area contributed by atoms with Crippen LogP contribution in [0.2, 0.25) is 0 Å². The molecule has 0 atom stereocenters. The summed E-state index contributed by atoms with van der Waals surface area (Å²) < 4.78 is 5.64. The van der Waals surface area contributed by atoms with Crippen LogP contribution in [0.1, 0.15) is 26.7 Å². The molecule has 0 aliphatic carbocycles. The van der Waals surface area contributed by atoms with Crippen molar-refractivity contribution in [3.05, 3.63) is 0 Å². The summed E-state index contributed by atoms with van der Waals surface area (Å²) in [5, 5.41) is 1.86. The molecular weight excluding hydrogens is 140 g/mol. The van der Waals surface area contributed by atoms with Crippen molar-refractivity contribution in [2.45, 2.75) is 32.3 Å². The number of hydrogen-bond acceptors (Lipinski definition) is 3. The van der Waals surface area contributed by atoms with Crippen LogP contribution in [0.15, 0.2) is 0 Å². The van der Waals surface area contributed by atoms with Crippen LogP contribution in [0.3, 0.4) is 0 Å². The van der Waals surface area contributed by atoms with E-state index in [4.69, 9.17) is 10.6 Å². The molecule has 1 rings (SSSR count). The van der Waals surface area contributed by atoms with Gasteiger partial charge in [-0.1, -0.05) is 0 Å². The number of nitrogens with zero attached hydrogens (tertiary/aromatic N) is 1. The summed E-state index contributed by atoms with van der Waals surface area (Å²) in [6.45, 7) is 6.93. The molecule has 0 bridgehead atoms. The topological polar surface area (TPSA) is 38.5 Å². The van der Waals surface area contributed by atoms with E-state index in [2.05, 4.69) is 6.92 Å². The van der Waals surface area contributed by atoms with Crippen LogP contribution < -0.4 is 5.84 Å². The van der Waals surface area contributed by atoms with Crippen LogP contribution in [0.25, 0.3) is 0 Å². The first-order valence-corrected chi connectivity index (χ1v) is 4.30. The van der Waals surface area contributed by atoms with Crippen LogP contribution >= 0.6 is 0 Å². The fraction of sp³-hybridized carbons (Fsp3) is 1.00. The third kappa shape index (κ3) is 2.43. The number of hydrogen-bond donors (Lipinski definition) is 1. The molecule has 66 valence electrons. The highest BCUT2D eigenvalue weighted by molar-refractivity contribution is 4.81. The first-order chi connectivity index (χ1) is 5.16. The molecule has 2 N–H and O–H groups in total. The lowest BCUT2D eigenvalue weighted by molar-refractivity contribution is -0.0659. The molecule has 0 saturated carbocycles. The van der Waals surface area contributed by atoms with E-state index in [9.17, 15) is 0 Å². The third-order valence-electron chi connectivity index (χ3n) is 2.35. The van der Waals surface area contributed by atoms with E-state index in [1.165, 1.54) is 0 Å². The fourth-order valence-electron chi connectivity index (χ4n) is 1.49. The van der Waals surface area contributed by atoms with Gasteiger partial charge in [0.05, 0.1) is 5.60 Å². The summed E-state index contributed by atoms with van der Waals surface area (Å²) in [7, 11) is 0. The molecule has 3 nitrogen and oxygen atoms in total. The third-order valence-corrected chi connectivity index (χ3v) is 2.35. The second-order valence-electron chi connectivity index (χ2n) is 3.42. The van der Waals surface area contributed by atoms with Crippen molar-refractivity contribution < 1.29 is 4.74 Å². The summed E-state index contributed by atoms with van der Waals surface area (Å²) in [5.74, 6) is 5.63. The maximum absolute atomic E-state index is 5.64. The fourth-order valence-corrected chi connectivity index (χ4v) is 1.49. The van der Waals surface area contributed by atoms with Gasteiger partial charge in [0.25, 0.3) is 0 Å². The van der Waals surface area contributed by atoms with Gasteiger partial charge in [-0.2, -0.15) is 0 Å². The smallest absolute Gasteiger partial charge is 0.0679 e. The van der Waals surface area contributed by atoms with Crippen molar-refractivity contribution in [2.75, 3.05) is 19.7 Å². The predicted octanol–water partition coefficient (Wildman–Crippen LogP) is 0.751. The minimum Gasteiger partial charge on any atom is -0.375 e. The number of nitrogens with two attached hydrogens (primary N) is 1. The Hall–Kier alpha value is -0.120. The second kappa shape index (κ2) is 3.52. The van der Waals surface area contributed by atoms with Gasteiger partial charge in [-0.3, -0.25) is 5.84 Å². The SMILES string of the molecule is CCOC1(C)CCN(N)CC1. The molecule has 1 aliphatic rings.